The van der Waals surface area contributed by atoms with Crippen LogP contribution < -0.4 is 9.47 Å². The van der Waals surface area contributed by atoms with Gasteiger partial charge in [0.25, 0.3) is 0 Å². The van der Waals surface area contributed by atoms with Gasteiger partial charge in [0.05, 0.1) is 12.7 Å². The van der Waals surface area contributed by atoms with Crippen molar-refractivity contribution in [3.8, 4) is 11.5 Å². The van der Waals surface area contributed by atoms with Gasteiger partial charge in [0.2, 0.25) is 11.7 Å². The topological polar surface area (TPSA) is 48.4 Å². The van der Waals surface area contributed by atoms with Gasteiger partial charge in [-0.3, -0.25) is 4.79 Å². The Balaban J connectivity index is 2.00. The highest BCUT2D eigenvalue weighted by Gasteiger charge is 2.14. The Hall–Kier alpha value is -2.14. The number of ether oxygens (including phenoxy) is 2. The van der Waals surface area contributed by atoms with E-state index in [4.69, 9.17) is 21.1 Å². The van der Waals surface area contributed by atoms with Gasteiger partial charge in [-0.15, -0.1) is 0 Å². The summed E-state index contributed by atoms with van der Waals surface area (Å²) in [7, 11) is 1.55. The second-order valence-electron chi connectivity index (χ2n) is 3.86. The maximum atomic E-state index is 13.4. The number of benzene rings is 1. The lowest BCUT2D eigenvalue weighted by molar-refractivity contribution is 0.0916. The molecule has 0 aliphatic rings. The molecule has 4 nitrogen and oxygen atoms in total. The van der Waals surface area contributed by atoms with E-state index in [0.717, 1.165) is 0 Å². The van der Waals surface area contributed by atoms with Gasteiger partial charge in [-0.1, -0.05) is 11.6 Å². The van der Waals surface area contributed by atoms with E-state index < -0.39 is 11.7 Å². The molecule has 20 heavy (non-hydrogen) atoms. The lowest BCUT2D eigenvalue weighted by Gasteiger charge is -2.07. The van der Waals surface area contributed by atoms with E-state index in [2.05, 4.69) is 4.98 Å². The Morgan fingerprint density at radius 1 is 1.20 bits per heavy atom. The average Bonchev–Trinajstić information content (AvgIpc) is 2.45. The predicted molar refractivity (Wildman–Crippen MR) is 72.0 cm³/mol. The summed E-state index contributed by atoms with van der Waals surface area (Å²) in [6, 6.07) is 9.34. The van der Waals surface area contributed by atoms with Crippen LogP contribution in [0.15, 0.2) is 36.4 Å². The van der Waals surface area contributed by atoms with Crippen LogP contribution in [0.4, 0.5) is 4.39 Å². The maximum absolute atomic E-state index is 13.4. The van der Waals surface area contributed by atoms with Crippen LogP contribution in [-0.2, 0) is 0 Å². The number of aromatic nitrogens is 1. The van der Waals surface area contributed by atoms with Crippen molar-refractivity contribution in [1.29, 1.82) is 0 Å². The summed E-state index contributed by atoms with van der Waals surface area (Å²) in [4.78, 5) is 15.2. The summed E-state index contributed by atoms with van der Waals surface area (Å²) in [5.41, 5.74) is -0.150. The van der Waals surface area contributed by atoms with Crippen LogP contribution >= 0.6 is 11.6 Å². The Morgan fingerprint density at radius 3 is 2.45 bits per heavy atom. The van der Waals surface area contributed by atoms with E-state index >= 15 is 0 Å². The normalized spacial score (nSPS) is 10.2. The quantitative estimate of drug-likeness (QED) is 0.628. The van der Waals surface area contributed by atoms with Crippen LogP contribution in [0.1, 0.15) is 10.4 Å². The Morgan fingerprint density at radius 2 is 1.85 bits per heavy atom. The number of Topliss-reactive ketones (excluding diaryl/α,β-unsaturated/α-hetero) is 1. The SMILES string of the molecule is COc1ccc(OCC(=O)c2ccc(Cl)nc2F)cc1. The molecule has 0 atom stereocenters. The average molecular weight is 296 g/mol. The minimum absolute atomic E-state index is 0.00452. The summed E-state index contributed by atoms with van der Waals surface area (Å²) in [6.07, 6.45) is 0. The molecule has 1 aromatic heterocycles. The van der Waals surface area contributed by atoms with Gasteiger partial charge in [0, 0.05) is 0 Å². The highest BCUT2D eigenvalue weighted by atomic mass is 35.5. The monoisotopic (exact) mass is 295 g/mol. The number of halogens is 2. The summed E-state index contributed by atoms with van der Waals surface area (Å²) in [6.45, 7) is -0.285. The highest BCUT2D eigenvalue weighted by Crippen LogP contribution is 2.17. The summed E-state index contributed by atoms with van der Waals surface area (Å²) < 4.78 is 23.7. The molecule has 0 fully saturated rings. The first kappa shape index (κ1) is 14.3. The van der Waals surface area contributed by atoms with E-state index in [0.29, 0.717) is 11.5 Å². The van der Waals surface area contributed by atoms with Crippen molar-refractivity contribution in [3.63, 3.8) is 0 Å². The van der Waals surface area contributed by atoms with Gasteiger partial charge < -0.3 is 9.47 Å². The number of carbonyl (C=O) groups excluding carboxylic acids is 1. The Kier molecular flexibility index (Phi) is 4.53. The van der Waals surface area contributed by atoms with Gasteiger partial charge in [-0.25, -0.2) is 4.98 Å². The van der Waals surface area contributed by atoms with Crippen molar-refractivity contribution in [1.82, 2.24) is 4.98 Å². The third kappa shape index (κ3) is 3.45. The fourth-order valence-corrected chi connectivity index (χ4v) is 1.66. The number of ketones is 1. The van der Waals surface area contributed by atoms with E-state index in [-0.39, 0.29) is 17.3 Å². The van der Waals surface area contributed by atoms with Crippen molar-refractivity contribution >= 4 is 17.4 Å². The maximum Gasteiger partial charge on any atom is 0.225 e. The van der Waals surface area contributed by atoms with Crippen LogP contribution in [0, 0.1) is 5.95 Å². The van der Waals surface area contributed by atoms with Crippen molar-refractivity contribution < 1.29 is 18.7 Å². The third-order valence-electron chi connectivity index (χ3n) is 2.54. The molecule has 104 valence electrons. The number of hydrogen-bond donors (Lipinski definition) is 0. The third-order valence-corrected chi connectivity index (χ3v) is 2.76. The molecule has 0 spiro atoms. The second kappa shape index (κ2) is 6.34. The molecular formula is C14H11ClFNO3. The number of hydrogen-bond acceptors (Lipinski definition) is 4. The predicted octanol–water partition coefficient (Wildman–Crippen LogP) is 3.14. The molecule has 1 aromatic carbocycles. The molecular weight excluding hydrogens is 285 g/mol. The van der Waals surface area contributed by atoms with Gasteiger partial charge in [0.1, 0.15) is 16.7 Å². The van der Waals surface area contributed by atoms with E-state index in [1.807, 2.05) is 0 Å². The van der Waals surface area contributed by atoms with Crippen molar-refractivity contribution in [2.24, 2.45) is 0 Å². The van der Waals surface area contributed by atoms with Crippen LogP contribution in [0.2, 0.25) is 5.15 Å². The molecule has 0 radical (unpaired) electrons. The minimum Gasteiger partial charge on any atom is -0.497 e. The lowest BCUT2D eigenvalue weighted by Crippen LogP contribution is -2.14. The van der Waals surface area contributed by atoms with Gasteiger partial charge >= 0.3 is 0 Å². The van der Waals surface area contributed by atoms with Gasteiger partial charge in [0.15, 0.2) is 6.61 Å². The smallest absolute Gasteiger partial charge is 0.225 e. The molecule has 6 heteroatoms. The first-order valence-corrected chi connectivity index (χ1v) is 6.10. The van der Waals surface area contributed by atoms with Crippen molar-refractivity contribution in [3.05, 3.63) is 53.1 Å². The first-order valence-electron chi connectivity index (χ1n) is 5.72. The Bertz CT molecular complexity index is 616. The summed E-state index contributed by atoms with van der Waals surface area (Å²) in [5, 5.41) is -0.00452. The number of methoxy groups -OCH3 is 1. The molecule has 2 aromatic rings. The van der Waals surface area contributed by atoms with Crippen LogP contribution in [0.5, 0.6) is 11.5 Å². The molecule has 0 aliphatic heterocycles. The Labute approximate surface area is 120 Å². The summed E-state index contributed by atoms with van der Waals surface area (Å²) >= 11 is 5.52. The standard InChI is InChI=1S/C14H11ClFNO3/c1-19-9-2-4-10(5-3-9)20-8-12(18)11-6-7-13(15)17-14(11)16/h2-7H,8H2,1H3. The summed E-state index contributed by atoms with van der Waals surface area (Å²) in [5.74, 6) is -0.249. The van der Waals surface area contributed by atoms with E-state index in [1.165, 1.54) is 12.1 Å². The van der Waals surface area contributed by atoms with Crippen LogP contribution in [0.3, 0.4) is 0 Å². The number of rotatable bonds is 5. The van der Waals surface area contributed by atoms with E-state index in [1.54, 1.807) is 31.4 Å². The van der Waals surface area contributed by atoms with E-state index in [9.17, 15) is 9.18 Å². The molecule has 0 saturated heterocycles. The molecule has 2 rings (SSSR count). The second-order valence-corrected chi connectivity index (χ2v) is 4.25. The van der Waals surface area contributed by atoms with Gasteiger partial charge in [-0.2, -0.15) is 4.39 Å². The fourth-order valence-electron chi connectivity index (χ4n) is 1.52. The van der Waals surface area contributed by atoms with Gasteiger partial charge in [-0.05, 0) is 36.4 Å². The molecule has 0 amide bonds. The van der Waals surface area contributed by atoms with Crippen molar-refractivity contribution in [2.75, 3.05) is 13.7 Å². The number of pyridine rings is 1. The molecule has 0 unspecified atom stereocenters. The number of carbonyl (C=O) groups is 1. The first-order chi connectivity index (χ1) is 9.60. The lowest BCUT2D eigenvalue weighted by atomic mass is 10.2. The molecule has 1 heterocycles. The highest BCUT2D eigenvalue weighted by molar-refractivity contribution is 6.29. The zero-order valence-corrected chi connectivity index (χ0v) is 11.4. The van der Waals surface area contributed by atoms with Crippen molar-refractivity contribution in [2.45, 2.75) is 0 Å². The molecule has 0 saturated carbocycles. The van der Waals surface area contributed by atoms with Crippen LogP contribution in [0.25, 0.3) is 0 Å². The zero-order chi connectivity index (χ0) is 14.5. The molecule has 0 N–H and O–H groups in total. The minimum atomic E-state index is -0.902. The number of nitrogens with zero attached hydrogens (tertiary/aromatic N) is 1. The fraction of sp³-hybridized carbons (Fsp3) is 0.143. The zero-order valence-electron chi connectivity index (χ0n) is 10.6. The largest absolute Gasteiger partial charge is 0.497 e. The molecule has 0 aliphatic carbocycles. The molecule has 0 bridgehead atoms. The van der Waals surface area contributed by atoms with Crippen LogP contribution in [-0.4, -0.2) is 24.5 Å².